The zero-order valence-corrected chi connectivity index (χ0v) is 12.1. The third-order valence-electron chi connectivity index (χ3n) is 3.32. The van der Waals surface area contributed by atoms with E-state index in [0.29, 0.717) is 11.5 Å². The molecule has 0 aliphatic heterocycles. The van der Waals surface area contributed by atoms with E-state index in [1.54, 1.807) is 6.33 Å². The van der Waals surface area contributed by atoms with Gasteiger partial charge in [-0.05, 0) is 36.4 Å². The third kappa shape index (κ3) is 2.82. The van der Waals surface area contributed by atoms with E-state index in [2.05, 4.69) is 25.3 Å². The van der Waals surface area contributed by atoms with Gasteiger partial charge in [-0.1, -0.05) is 18.2 Å². The summed E-state index contributed by atoms with van der Waals surface area (Å²) in [4.78, 5) is 15.5. The Morgan fingerprint density at radius 2 is 1.61 bits per heavy atom. The number of imidazole rings is 1. The van der Waals surface area contributed by atoms with E-state index in [1.807, 2.05) is 54.6 Å². The molecule has 0 aliphatic rings. The lowest BCUT2D eigenvalue weighted by Crippen LogP contribution is -1.95. The standard InChI is InChI=1S/C17H13N5O/c1-2-4-13(5-3-1)23-14-8-6-12(7-9-14)22-17-15-16(19-10-18-15)20-11-21-17/h1-11H,(H2,18,19,20,21,22). The van der Waals surface area contributed by atoms with Crippen LogP contribution in [0.3, 0.4) is 0 Å². The Bertz CT molecular complexity index is 919. The third-order valence-corrected chi connectivity index (χ3v) is 3.32. The van der Waals surface area contributed by atoms with Gasteiger partial charge >= 0.3 is 0 Å². The quantitative estimate of drug-likeness (QED) is 0.598. The smallest absolute Gasteiger partial charge is 0.182 e. The number of aromatic nitrogens is 4. The van der Waals surface area contributed by atoms with Crippen molar-refractivity contribution in [3.05, 3.63) is 67.3 Å². The maximum absolute atomic E-state index is 5.77. The van der Waals surface area contributed by atoms with Crippen molar-refractivity contribution in [1.82, 2.24) is 19.9 Å². The molecule has 2 heterocycles. The lowest BCUT2D eigenvalue weighted by atomic mass is 10.3. The minimum atomic E-state index is 0.631. The van der Waals surface area contributed by atoms with Gasteiger partial charge in [0.15, 0.2) is 11.5 Å². The molecule has 6 nitrogen and oxygen atoms in total. The molecule has 0 radical (unpaired) electrons. The van der Waals surface area contributed by atoms with E-state index in [4.69, 9.17) is 4.74 Å². The van der Waals surface area contributed by atoms with Crippen LogP contribution >= 0.6 is 0 Å². The summed E-state index contributed by atoms with van der Waals surface area (Å²) >= 11 is 0. The normalized spacial score (nSPS) is 10.6. The zero-order valence-electron chi connectivity index (χ0n) is 12.1. The van der Waals surface area contributed by atoms with Gasteiger partial charge in [0, 0.05) is 5.69 Å². The Morgan fingerprint density at radius 3 is 2.43 bits per heavy atom. The van der Waals surface area contributed by atoms with Gasteiger partial charge in [0.2, 0.25) is 0 Å². The number of ether oxygens (including phenoxy) is 1. The van der Waals surface area contributed by atoms with Gasteiger partial charge in [-0.3, -0.25) is 0 Å². The maximum atomic E-state index is 5.77. The van der Waals surface area contributed by atoms with Crippen molar-refractivity contribution >= 4 is 22.7 Å². The number of rotatable bonds is 4. The number of aromatic amines is 1. The fraction of sp³-hybridized carbons (Fsp3) is 0. The van der Waals surface area contributed by atoms with Crippen LogP contribution in [0.25, 0.3) is 11.2 Å². The number of anilines is 2. The first-order valence-corrected chi connectivity index (χ1v) is 7.12. The van der Waals surface area contributed by atoms with Crippen LogP contribution < -0.4 is 10.1 Å². The van der Waals surface area contributed by atoms with Crippen molar-refractivity contribution in [3.63, 3.8) is 0 Å². The van der Waals surface area contributed by atoms with E-state index >= 15 is 0 Å². The highest BCUT2D eigenvalue weighted by Gasteiger charge is 2.06. The van der Waals surface area contributed by atoms with Crippen molar-refractivity contribution in [2.45, 2.75) is 0 Å². The summed E-state index contributed by atoms with van der Waals surface area (Å²) in [6, 6.07) is 17.3. The summed E-state index contributed by atoms with van der Waals surface area (Å²) < 4.78 is 5.77. The van der Waals surface area contributed by atoms with Crippen molar-refractivity contribution < 1.29 is 4.74 Å². The molecule has 112 valence electrons. The van der Waals surface area contributed by atoms with Gasteiger partial charge in [-0.25, -0.2) is 15.0 Å². The number of H-pyrrole nitrogens is 1. The summed E-state index contributed by atoms with van der Waals surface area (Å²) in [5.74, 6) is 2.27. The second-order valence-corrected chi connectivity index (χ2v) is 4.89. The Labute approximate surface area is 132 Å². The molecule has 0 fully saturated rings. The van der Waals surface area contributed by atoms with Crippen molar-refractivity contribution in [3.8, 4) is 11.5 Å². The minimum absolute atomic E-state index is 0.631. The molecule has 23 heavy (non-hydrogen) atoms. The predicted octanol–water partition coefficient (Wildman–Crippen LogP) is 3.89. The highest BCUT2D eigenvalue weighted by atomic mass is 16.5. The number of nitrogens with zero attached hydrogens (tertiary/aromatic N) is 3. The summed E-state index contributed by atoms with van der Waals surface area (Å²) in [5, 5.41) is 3.25. The Kier molecular flexibility index (Phi) is 3.32. The fourth-order valence-corrected chi connectivity index (χ4v) is 2.23. The molecule has 2 N–H and O–H groups in total. The monoisotopic (exact) mass is 303 g/mol. The van der Waals surface area contributed by atoms with Crippen LogP contribution in [0.2, 0.25) is 0 Å². The Hall–Kier alpha value is -3.41. The van der Waals surface area contributed by atoms with Gasteiger partial charge in [0.25, 0.3) is 0 Å². The second-order valence-electron chi connectivity index (χ2n) is 4.89. The summed E-state index contributed by atoms with van der Waals surface area (Å²) in [5.41, 5.74) is 2.31. The van der Waals surface area contributed by atoms with E-state index in [0.717, 1.165) is 22.7 Å². The van der Waals surface area contributed by atoms with E-state index in [-0.39, 0.29) is 0 Å². The van der Waals surface area contributed by atoms with Crippen molar-refractivity contribution in [2.75, 3.05) is 5.32 Å². The molecule has 0 bridgehead atoms. The lowest BCUT2D eigenvalue weighted by molar-refractivity contribution is 0.483. The van der Waals surface area contributed by atoms with Crippen LogP contribution in [0.15, 0.2) is 67.3 Å². The van der Waals surface area contributed by atoms with Crippen LogP contribution in [0.4, 0.5) is 11.5 Å². The predicted molar refractivity (Wildman–Crippen MR) is 87.9 cm³/mol. The molecule has 4 aromatic rings. The molecule has 2 aromatic heterocycles. The van der Waals surface area contributed by atoms with Crippen molar-refractivity contribution in [1.29, 1.82) is 0 Å². The van der Waals surface area contributed by atoms with Crippen molar-refractivity contribution in [2.24, 2.45) is 0 Å². The highest BCUT2D eigenvalue weighted by molar-refractivity contribution is 5.84. The molecular formula is C17H13N5O. The van der Waals surface area contributed by atoms with Gasteiger partial charge < -0.3 is 15.0 Å². The van der Waals surface area contributed by atoms with Crippen LogP contribution in [0.1, 0.15) is 0 Å². The first kappa shape index (κ1) is 13.3. The van der Waals surface area contributed by atoms with E-state index in [1.165, 1.54) is 6.33 Å². The Morgan fingerprint density at radius 1 is 0.826 bits per heavy atom. The molecule has 0 unspecified atom stereocenters. The average Bonchev–Trinajstić information content (AvgIpc) is 3.07. The number of benzene rings is 2. The number of hydrogen-bond donors (Lipinski definition) is 2. The largest absolute Gasteiger partial charge is 0.457 e. The van der Waals surface area contributed by atoms with Crippen LogP contribution in [0, 0.1) is 0 Å². The molecule has 0 saturated carbocycles. The molecule has 4 rings (SSSR count). The minimum Gasteiger partial charge on any atom is -0.457 e. The fourth-order valence-electron chi connectivity index (χ4n) is 2.23. The van der Waals surface area contributed by atoms with Gasteiger partial charge in [-0.2, -0.15) is 0 Å². The summed E-state index contributed by atoms with van der Waals surface area (Å²) in [6.07, 6.45) is 3.08. The summed E-state index contributed by atoms with van der Waals surface area (Å²) in [6.45, 7) is 0. The van der Waals surface area contributed by atoms with E-state index in [9.17, 15) is 0 Å². The first-order valence-electron chi connectivity index (χ1n) is 7.12. The van der Waals surface area contributed by atoms with E-state index < -0.39 is 0 Å². The molecule has 0 spiro atoms. The number of nitrogens with one attached hydrogen (secondary N) is 2. The molecule has 0 amide bonds. The number of fused-ring (bicyclic) bond motifs is 1. The average molecular weight is 303 g/mol. The van der Waals surface area contributed by atoms with Crippen LogP contribution in [-0.4, -0.2) is 19.9 Å². The van der Waals surface area contributed by atoms with Crippen LogP contribution in [0.5, 0.6) is 11.5 Å². The number of hydrogen-bond acceptors (Lipinski definition) is 5. The van der Waals surface area contributed by atoms with Gasteiger partial charge in [-0.15, -0.1) is 0 Å². The maximum Gasteiger partial charge on any atom is 0.182 e. The SMILES string of the molecule is c1ccc(Oc2ccc(Nc3ncnc4nc[nH]c34)cc2)cc1. The highest BCUT2D eigenvalue weighted by Crippen LogP contribution is 2.25. The molecule has 6 heteroatoms. The van der Waals surface area contributed by atoms with Crippen LogP contribution in [-0.2, 0) is 0 Å². The topological polar surface area (TPSA) is 75.7 Å². The zero-order chi connectivity index (χ0) is 15.5. The summed E-state index contributed by atoms with van der Waals surface area (Å²) in [7, 11) is 0. The van der Waals surface area contributed by atoms with Gasteiger partial charge in [0.05, 0.1) is 6.33 Å². The molecular weight excluding hydrogens is 290 g/mol. The molecule has 2 aromatic carbocycles. The second kappa shape index (κ2) is 5.76. The molecule has 0 atom stereocenters. The molecule has 0 saturated heterocycles. The first-order chi connectivity index (χ1) is 11.4. The van der Waals surface area contributed by atoms with Gasteiger partial charge in [0.1, 0.15) is 23.3 Å². The number of para-hydroxylation sites is 1. The Balaban J connectivity index is 1.53. The molecule has 0 aliphatic carbocycles. The lowest BCUT2D eigenvalue weighted by Gasteiger charge is -2.08.